The van der Waals surface area contributed by atoms with Crippen molar-refractivity contribution in [3.63, 3.8) is 0 Å². The maximum atomic E-state index is 13.5. The van der Waals surface area contributed by atoms with Crippen molar-refractivity contribution in [2.75, 3.05) is 19.8 Å². The number of halogens is 1. The van der Waals surface area contributed by atoms with Crippen LogP contribution in [0.1, 0.15) is 32.8 Å². The molecule has 0 aromatic heterocycles. The van der Waals surface area contributed by atoms with Gasteiger partial charge in [0.05, 0.1) is 6.61 Å². The van der Waals surface area contributed by atoms with Crippen molar-refractivity contribution in [2.24, 2.45) is 5.92 Å². The van der Waals surface area contributed by atoms with Gasteiger partial charge in [0.2, 0.25) is 0 Å². The fraction of sp³-hybridized carbons (Fsp3) is 0.625. The summed E-state index contributed by atoms with van der Waals surface area (Å²) < 4.78 is 19.0. The van der Waals surface area contributed by atoms with E-state index < -0.39 is 0 Å². The smallest absolute Gasteiger partial charge is 0.126 e. The van der Waals surface area contributed by atoms with Crippen LogP contribution < -0.4 is 5.32 Å². The molecule has 1 rings (SSSR count). The predicted molar refractivity (Wildman–Crippen MR) is 77.8 cm³/mol. The molecule has 0 radical (unpaired) electrons. The van der Waals surface area contributed by atoms with Crippen LogP contribution in [0.3, 0.4) is 0 Å². The fourth-order valence-electron chi connectivity index (χ4n) is 1.86. The molecule has 19 heavy (non-hydrogen) atoms. The molecule has 0 spiro atoms. The number of nitrogens with one attached hydrogen (secondary N) is 1. The Labute approximate surface area is 116 Å². The highest BCUT2D eigenvalue weighted by atomic mass is 19.1. The van der Waals surface area contributed by atoms with Crippen LogP contribution in [-0.2, 0) is 11.2 Å². The molecule has 1 N–H and O–H groups in total. The van der Waals surface area contributed by atoms with Crippen molar-refractivity contribution in [2.45, 2.75) is 39.7 Å². The van der Waals surface area contributed by atoms with Gasteiger partial charge in [0.15, 0.2) is 0 Å². The minimum atomic E-state index is -0.121. The molecule has 108 valence electrons. The zero-order valence-electron chi connectivity index (χ0n) is 12.3. The van der Waals surface area contributed by atoms with Gasteiger partial charge in [0.25, 0.3) is 0 Å². The Balaban J connectivity index is 2.11. The summed E-state index contributed by atoms with van der Waals surface area (Å²) in [6, 6.07) is 7.20. The molecule has 0 fully saturated rings. The lowest BCUT2D eigenvalue weighted by molar-refractivity contribution is 0.123. The molecule has 0 bridgehead atoms. The zero-order chi connectivity index (χ0) is 14.1. The van der Waals surface area contributed by atoms with E-state index in [1.54, 1.807) is 6.07 Å². The Morgan fingerprint density at radius 2 is 1.89 bits per heavy atom. The number of rotatable bonds is 9. The molecule has 1 aromatic rings. The summed E-state index contributed by atoms with van der Waals surface area (Å²) >= 11 is 0. The lowest BCUT2D eigenvalue weighted by Crippen LogP contribution is -2.31. The second-order valence-electron chi connectivity index (χ2n) is 5.45. The molecule has 0 aliphatic carbocycles. The van der Waals surface area contributed by atoms with Crippen molar-refractivity contribution in [3.05, 3.63) is 35.6 Å². The molecule has 1 atom stereocenters. The van der Waals surface area contributed by atoms with Crippen molar-refractivity contribution in [3.8, 4) is 0 Å². The highest BCUT2D eigenvalue weighted by Crippen LogP contribution is 2.08. The van der Waals surface area contributed by atoms with Crippen LogP contribution in [0.4, 0.5) is 4.39 Å². The molecule has 0 aliphatic heterocycles. The molecule has 0 saturated carbocycles. The summed E-state index contributed by atoms with van der Waals surface area (Å²) in [5.41, 5.74) is 0.767. The number of ether oxygens (including phenoxy) is 1. The quantitative estimate of drug-likeness (QED) is 0.692. The Hall–Kier alpha value is -0.930. The minimum Gasteiger partial charge on any atom is -0.380 e. The van der Waals surface area contributed by atoms with Crippen LogP contribution in [0.15, 0.2) is 24.3 Å². The summed E-state index contributed by atoms with van der Waals surface area (Å²) in [4.78, 5) is 0. The van der Waals surface area contributed by atoms with Crippen molar-refractivity contribution >= 4 is 0 Å². The highest BCUT2D eigenvalue weighted by molar-refractivity contribution is 5.18. The third-order valence-corrected chi connectivity index (χ3v) is 3.06. The first-order valence-electron chi connectivity index (χ1n) is 7.14. The van der Waals surface area contributed by atoms with Crippen molar-refractivity contribution < 1.29 is 9.13 Å². The van der Waals surface area contributed by atoms with Gasteiger partial charge in [-0.1, -0.05) is 32.0 Å². The summed E-state index contributed by atoms with van der Waals surface area (Å²) in [7, 11) is 0. The van der Waals surface area contributed by atoms with Gasteiger partial charge >= 0.3 is 0 Å². The van der Waals surface area contributed by atoms with E-state index in [2.05, 4.69) is 26.1 Å². The van der Waals surface area contributed by atoms with Crippen LogP contribution in [0.5, 0.6) is 0 Å². The first-order chi connectivity index (χ1) is 9.09. The SMILES string of the molecule is CC(C)CCOCCNC(C)Cc1ccccc1F. The molecule has 0 amide bonds. The van der Waals surface area contributed by atoms with Gasteiger partial charge in [-0.05, 0) is 37.3 Å². The molecule has 2 nitrogen and oxygen atoms in total. The van der Waals surface area contributed by atoms with E-state index in [4.69, 9.17) is 4.74 Å². The second-order valence-corrected chi connectivity index (χ2v) is 5.45. The van der Waals surface area contributed by atoms with Gasteiger partial charge in [-0.2, -0.15) is 0 Å². The standard InChI is InChI=1S/C16H26FNO/c1-13(2)8-10-19-11-9-18-14(3)12-15-6-4-5-7-16(15)17/h4-7,13-14,18H,8-12H2,1-3H3. The van der Waals surface area contributed by atoms with Gasteiger partial charge in [-0.25, -0.2) is 4.39 Å². The van der Waals surface area contributed by atoms with Crippen molar-refractivity contribution in [1.29, 1.82) is 0 Å². The van der Waals surface area contributed by atoms with Crippen LogP contribution in [0, 0.1) is 11.7 Å². The van der Waals surface area contributed by atoms with E-state index in [1.165, 1.54) is 6.07 Å². The first-order valence-corrected chi connectivity index (χ1v) is 7.14. The van der Waals surface area contributed by atoms with Gasteiger partial charge in [0, 0.05) is 19.2 Å². The van der Waals surface area contributed by atoms with Gasteiger partial charge < -0.3 is 10.1 Å². The maximum absolute atomic E-state index is 13.5. The molecule has 3 heteroatoms. The van der Waals surface area contributed by atoms with E-state index in [-0.39, 0.29) is 11.9 Å². The van der Waals surface area contributed by atoms with Gasteiger partial charge in [0.1, 0.15) is 5.82 Å². The van der Waals surface area contributed by atoms with Crippen molar-refractivity contribution in [1.82, 2.24) is 5.32 Å². The fourth-order valence-corrected chi connectivity index (χ4v) is 1.86. The predicted octanol–water partition coefficient (Wildman–Crippen LogP) is 3.41. The summed E-state index contributed by atoms with van der Waals surface area (Å²) in [6.45, 7) is 8.81. The Bertz CT molecular complexity index is 354. The van der Waals surface area contributed by atoms with E-state index in [0.29, 0.717) is 18.9 Å². The highest BCUT2D eigenvalue weighted by Gasteiger charge is 2.06. The monoisotopic (exact) mass is 267 g/mol. The van der Waals surface area contributed by atoms with E-state index in [1.807, 2.05) is 12.1 Å². The van der Waals surface area contributed by atoms with Crippen LogP contribution >= 0.6 is 0 Å². The van der Waals surface area contributed by atoms with Gasteiger partial charge in [-0.3, -0.25) is 0 Å². The molecule has 0 aliphatic rings. The molecule has 0 heterocycles. The lowest BCUT2D eigenvalue weighted by Gasteiger charge is -2.14. The van der Waals surface area contributed by atoms with Crippen LogP contribution in [-0.4, -0.2) is 25.8 Å². The Morgan fingerprint density at radius 3 is 2.58 bits per heavy atom. The van der Waals surface area contributed by atoms with Gasteiger partial charge in [-0.15, -0.1) is 0 Å². The third kappa shape index (κ3) is 7.28. The van der Waals surface area contributed by atoms with E-state index in [9.17, 15) is 4.39 Å². The normalized spacial score (nSPS) is 12.9. The average Bonchev–Trinajstić information content (AvgIpc) is 2.36. The van der Waals surface area contributed by atoms with E-state index >= 15 is 0 Å². The molecular formula is C16H26FNO. The van der Waals surface area contributed by atoms with Crippen LogP contribution in [0.25, 0.3) is 0 Å². The molecule has 0 saturated heterocycles. The topological polar surface area (TPSA) is 21.3 Å². The number of hydrogen-bond donors (Lipinski definition) is 1. The largest absolute Gasteiger partial charge is 0.380 e. The van der Waals surface area contributed by atoms with E-state index in [0.717, 1.165) is 25.1 Å². The maximum Gasteiger partial charge on any atom is 0.126 e. The average molecular weight is 267 g/mol. The summed E-state index contributed by atoms with van der Waals surface area (Å²) in [5, 5.41) is 3.35. The Morgan fingerprint density at radius 1 is 1.16 bits per heavy atom. The summed E-state index contributed by atoms with van der Waals surface area (Å²) in [6.07, 6.45) is 1.81. The zero-order valence-corrected chi connectivity index (χ0v) is 12.3. The third-order valence-electron chi connectivity index (χ3n) is 3.06. The minimum absolute atomic E-state index is 0.121. The molecule has 1 unspecified atom stereocenters. The second kappa shape index (κ2) is 9.05. The first kappa shape index (κ1) is 16.1. The number of benzene rings is 1. The summed E-state index contributed by atoms with van der Waals surface area (Å²) in [5.74, 6) is 0.567. The number of hydrogen-bond acceptors (Lipinski definition) is 2. The molecule has 1 aromatic carbocycles. The molecular weight excluding hydrogens is 241 g/mol. The Kier molecular flexibility index (Phi) is 7.68. The van der Waals surface area contributed by atoms with Crippen LogP contribution in [0.2, 0.25) is 0 Å². The lowest BCUT2D eigenvalue weighted by atomic mass is 10.1.